The molecule has 3 rings (SSSR count). The van der Waals surface area contributed by atoms with Crippen LogP contribution in [-0.4, -0.2) is 54.6 Å². The molecule has 2 aromatic rings. The molecule has 9 nitrogen and oxygen atoms in total. The number of carboxylic acids is 1. The number of aliphatic carboxylic acids is 1. The third-order valence-corrected chi connectivity index (χ3v) is 5.60. The van der Waals surface area contributed by atoms with Crippen molar-refractivity contribution in [1.29, 1.82) is 0 Å². The molecule has 0 bridgehead atoms. The van der Waals surface area contributed by atoms with E-state index < -0.39 is 17.4 Å². The molecule has 1 aliphatic rings. The molecule has 3 N–H and O–H groups in total. The summed E-state index contributed by atoms with van der Waals surface area (Å²) in [5.74, 6) is -0.306. The molecule has 0 unspecified atom stereocenters. The maximum atomic E-state index is 13.1. The van der Waals surface area contributed by atoms with E-state index in [9.17, 15) is 14.7 Å². The molecule has 0 radical (unpaired) electrons. The van der Waals surface area contributed by atoms with Crippen LogP contribution in [0.15, 0.2) is 24.5 Å². The third-order valence-electron chi connectivity index (χ3n) is 5.60. The van der Waals surface area contributed by atoms with E-state index in [2.05, 4.69) is 25.5 Å². The van der Waals surface area contributed by atoms with Crippen molar-refractivity contribution in [2.45, 2.75) is 51.7 Å². The Morgan fingerprint density at radius 3 is 2.76 bits per heavy atom. The number of hydrogen-bond acceptors (Lipinski definition) is 6. The molecule has 29 heavy (non-hydrogen) atoms. The fourth-order valence-corrected chi connectivity index (χ4v) is 4.39. The van der Waals surface area contributed by atoms with Crippen molar-refractivity contribution >= 4 is 11.9 Å². The van der Waals surface area contributed by atoms with Crippen LogP contribution < -0.4 is 5.32 Å². The van der Waals surface area contributed by atoms with Gasteiger partial charge in [-0.2, -0.15) is 5.10 Å². The van der Waals surface area contributed by atoms with Gasteiger partial charge in [0, 0.05) is 18.4 Å². The van der Waals surface area contributed by atoms with Crippen molar-refractivity contribution in [3.8, 4) is 0 Å². The summed E-state index contributed by atoms with van der Waals surface area (Å²) in [6, 6.07) is 3.31. The smallest absolute Gasteiger partial charge is 0.324 e. The van der Waals surface area contributed by atoms with E-state index in [-0.39, 0.29) is 30.8 Å². The van der Waals surface area contributed by atoms with Crippen LogP contribution in [0.5, 0.6) is 0 Å². The number of carbonyl (C=O) groups excluding carboxylic acids is 1. The molecular formula is C20H28N6O3. The minimum atomic E-state index is -1.11. The van der Waals surface area contributed by atoms with Gasteiger partial charge >= 0.3 is 5.97 Å². The van der Waals surface area contributed by atoms with Crippen LogP contribution in [0.4, 0.5) is 0 Å². The number of aryl methyl sites for hydroxylation is 1. The quantitative estimate of drug-likeness (QED) is 0.646. The molecule has 0 aromatic carbocycles. The Labute approximate surface area is 169 Å². The predicted octanol–water partition coefficient (Wildman–Crippen LogP) is 1.69. The Balaban J connectivity index is 1.91. The number of pyridine rings is 1. The fourth-order valence-electron chi connectivity index (χ4n) is 4.39. The summed E-state index contributed by atoms with van der Waals surface area (Å²) in [7, 11) is 1.79. The Bertz CT molecular complexity index is 868. The summed E-state index contributed by atoms with van der Waals surface area (Å²) in [5.41, 5.74) is -0.284. The number of aromatic nitrogens is 4. The van der Waals surface area contributed by atoms with E-state index in [1.807, 2.05) is 24.8 Å². The minimum absolute atomic E-state index is 0.168. The lowest BCUT2D eigenvalue weighted by Gasteiger charge is -2.36. The molecule has 2 aromatic heterocycles. The summed E-state index contributed by atoms with van der Waals surface area (Å²) in [4.78, 5) is 35.7. The van der Waals surface area contributed by atoms with Gasteiger partial charge in [0.1, 0.15) is 11.4 Å². The highest BCUT2D eigenvalue weighted by Gasteiger charge is 2.57. The minimum Gasteiger partial charge on any atom is -0.480 e. The van der Waals surface area contributed by atoms with Crippen molar-refractivity contribution in [1.82, 2.24) is 30.4 Å². The second-order valence-electron chi connectivity index (χ2n) is 8.14. The van der Waals surface area contributed by atoms with Gasteiger partial charge in [-0.05, 0) is 44.4 Å². The summed E-state index contributed by atoms with van der Waals surface area (Å²) < 4.78 is 0. The molecule has 3 atom stereocenters. The molecule has 3 heterocycles. The summed E-state index contributed by atoms with van der Waals surface area (Å²) in [6.45, 7) is 5.97. The lowest BCUT2D eigenvalue weighted by molar-refractivity contribution is -0.151. The van der Waals surface area contributed by atoms with E-state index in [1.165, 1.54) is 0 Å². The van der Waals surface area contributed by atoms with Crippen LogP contribution in [0.25, 0.3) is 0 Å². The number of H-pyrrole nitrogens is 1. The highest BCUT2D eigenvalue weighted by molar-refractivity contribution is 5.85. The van der Waals surface area contributed by atoms with Crippen molar-refractivity contribution < 1.29 is 14.7 Å². The van der Waals surface area contributed by atoms with E-state index in [1.54, 1.807) is 32.4 Å². The van der Waals surface area contributed by atoms with Crippen LogP contribution in [0, 0.1) is 18.8 Å². The maximum Gasteiger partial charge on any atom is 0.324 e. The molecule has 156 valence electrons. The van der Waals surface area contributed by atoms with Gasteiger partial charge in [-0.15, -0.1) is 0 Å². The zero-order valence-electron chi connectivity index (χ0n) is 17.2. The molecule has 1 aliphatic heterocycles. The van der Waals surface area contributed by atoms with Crippen molar-refractivity contribution in [3.05, 3.63) is 41.7 Å². The molecule has 1 amide bonds. The van der Waals surface area contributed by atoms with Gasteiger partial charge in [0.25, 0.3) is 0 Å². The van der Waals surface area contributed by atoms with Crippen LogP contribution in [0.3, 0.4) is 0 Å². The number of likely N-dealkylation sites (tertiary alicyclic amines) is 1. The summed E-state index contributed by atoms with van der Waals surface area (Å²) in [6.07, 6.45) is 4.06. The molecule has 1 saturated heterocycles. The average molecular weight is 400 g/mol. The monoisotopic (exact) mass is 400 g/mol. The highest BCUT2D eigenvalue weighted by Crippen LogP contribution is 2.48. The molecule has 1 fully saturated rings. The summed E-state index contributed by atoms with van der Waals surface area (Å²) >= 11 is 0. The molecule has 0 spiro atoms. The van der Waals surface area contributed by atoms with Gasteiger partial charge in [-0.25, -0.2) is 4.98 Å². The number of amides is 1. The number of aromatic amines is 1. The number of rotatable bonds is 7. The van der Waals surface area contributed by atoms with E-state index in [4.69, 9.17) is 0 Å². The van der Waals surface area contributed by atoms with Crippen LogP contribution in [0.2, 0.25) is 0 Å². The standard InChI is InChI=1S/C20H28N6O3/c1-12(2)8-20(19(28)29)9-15(17(26(20)4)14-6-5-7-21-10-14)18(27)22-11-16-23-13(3)24-25-16/h5-7,10,12,15,17H,8-9,11H2,1-4H3,(H,22,27)(H,28,29)(H,23,24,25)/t15-,17-,20-/m0/s1. The third kappa shape index (κ3) is 4.14. The van der Waals surface area contributed by atoms with E-state index in [0.717, 1.165) is 5.56 Å². The zero-order valence-corrected chi connectivity index (χ0v) is 17.2. The maximum absolute atomic E-state index is 13.1. The number of carbonyl (C=O) groups is 2. The van der Waals surface area contributed by atoms with Gasteiger partial charge in [-0.3, -0.25) is 24.6 Å². The van der Waals surface area contributed by atoms with Crippen LogP contribution in [-0.2, 0) is 16.1 Å². The zero-order chi connectivity index (χ0) is 21.2. The van der Waals surface area contributed by atoms with Crippen molar-refractivity contribution in [2.75, 3.05) is 7.05 Å². The molecule has 0 aliphatic carbocycles. The summed E-state index contributed by atoms with van der Waals surface area (Å²) in [5, 5.41) is 19.8. The van der Waals surface area contributed by atoms with Gasteiger partial charge in [0.2, 0.25) is 5.91 Å². The highest BCUT2D eigenvalue weighted by atomic mass is 16.4. The number of nitrogens with zero attached hydrogens (tertiary/aromatic N) is 4. The number of likely N-dealkylation sites (N-methyl/N-ethyl adjacent to an activating group) is 1. The Kier molecular flexibility index (Phi) is 5.97. The largest absolute Gasteiger partial charge is 0.480 e. The Hall–Kier alpha value is -2.81. The first-order chi connectivity index (χ1) is 13.7. The van der Waals surface area contributed by atoms with Gasteiger partial charge in [0.15, 0.2) is 5.82 Å². The van der Waals surface area contributed by atoms with E-state index in [0.29, 0.717) is 18.1 Å². The SMILES string of the molecule is Cc1nc(CNC(=O)[C@H]2C[C@@](CC(C)C)(C(=O)O)N(C)[C@H]2c2cccnc2)n[nH]1. The topological polar surface area (TPSA) is 124 Å². The first kappa shape index (κ1) is 20.9. The first-order valence-electron chi connectivity index (χ1n) is 9.76. The number of nitrogens with one attached hydrogen (secondary N) is 2. The van der Waals surface area contributed by atoms with Gasteiger partial charge in [0.05, 0.1) is 12.5 Å². The Morgan fingerprint density at radius 2 is 2.21 bits per heavy atom. The number of hydrogen-bond donors (Lipinski definition) is 3. The molecule has 9 heteroatoms. The van der Waals surface area contributed by atoms with Crippen LogP contribution >= 0.6 is 0 Å². The lowest BCUT2D eigenvalue weighted by Crippen LogP contribution is -2.50. The van der Waals surface area contributed by atoms with Crippen molar-refractivity contribution in [2.24, 2.45) is 11.8 Å². The number of carboxylic acid groups (broad SMARTS) is 1. The van der Waals surface area contributed by atoms with Gasteiger partial charge < -0.3 is 10.4 Å². The molecular weight excluding hydrogens is 372 g/mol. The normalized spacial score (nSPS) is 24.7. The first-order valence-corrected chi connectivity index (χ1v) is 9.76. The second kappa shape index (κ2) is 8.28. The van der Waals surface area contributed by atoms with E-state index >= 15 is 0 Å². The van der Waals surface area contributed by atoms with Crippen molar-refractivity contribution in [3.63, 3.8) is 0 Å². The molecule has 0 saturated carbocycles. The average Bonchev–Trinajstić information content (AvgIpc) is 3.22. The van der Waals surface area contributed by atoms with Gasteiger partial charge in [-0.1, -0.05) is 19.9 Å². The lowest BCUT2D eigenvalue weighted by atomic mass is 9.83. The fraction of sp³-hybridized carbons (Fsp3) is 0.550. The van der Waals surface area contributed by atoms with Crippen LogP contribution in [0.1, 0.15) is 49.9 Å². The second-order valence-corrected chi connectivity index (χ2v) is 8.14. The predicted molar refractivity (Wildman–Crippen MR) is 106 cm³/mol. The Morgan fingerprint density at radius 1 is 1.45 bits per heavy atom.